The van der Waals surface area contributed by atoms with Crippen molar-refractivity contribution in [1.82, 2.24) is 0 Å². The van der Waals surface area contributed by atoms with Gasteiger partial charge >= 0.3 is 0 Å². The second kappa shape index (κ2) is 5.93. The van der Waals surface area contributed by atoms with Gasteiger partial charge in [0.25, 0.3) is 5.69 Å². The minimum atomic E-state index is -1.33. The maximum absolute atomic E-state index is 11.9. The Bertz CT molecular complexity index is 503. The number of nitro groups is 1. The SMILES string of the molecule is CC(C)(C)SC(=O)C[C@@](C)(O)c1ccc([N+](=O)[O-])cc1. The molecule has 0 aromatic heterocycles. The molecule has 0 heterocycles. The van der Waals surface area contributed by atoms with E-state index in [0.717, 1.165) is 0 Å². The summed E-state index contributed by atoms with van der Waals surface area (Å²) in [5.74, 6) is 0. The van der Waals surface area contributed by atoms with E-state index < -0.39 is 10.5 Å². The van der Waals surface area contributed by atoms with Gasteiger partial charge < -0.3 is 5.11 Å². The first-order chi connectivity index (χ1) is 9.01. The Morgan fingerprint density at radius 1 is 1.25 bits per heavy atom. The third-order valence-electron chi connectivity index (χ3n) is 2.61. The predicted molar refractivity (Wildman–Crippen MR) is 79.6 cm³/mol. The van der Waals surface area contributed by atoms with Crippen LogP contribution >= 0.6 is 11.8 Å². The van der Waals surface area contributed by atoms with Gasteiger partial charge in [0.2, 0.25) is 0 Å². The van der Waals surface area contributed by atoms with Crippen LogP contribution in [0.1, 0.15) is 39.7 Å². The van der Waals surface area contributed by atoms with Crippen LogP contribution in [-0.4, -0.2) is 19.9 Å². The molecule has 0 fully saturated rings. The van der Waals surface area contributed by atoms with Gasteiger partial charge in [-0.1, -0.05) is 32.5 Å². The number of thioether (sulfide) groups is 1. The molecule has 1 aromatic carbocycles. The van der Waals surface area contributed by atoms with Crippen LogP contribution in [0.25, 0.3) is 0 Å². The van der Waals surface area contributed by atoms with Crippen LogP contribution in [0.3, 0.4) is 0 Å². The average Bonchev–Trinajstić information content (AvgIpc) is 2.25. The minimum absolute atomic E-state index is 0.0350. The summed E-state index contributed by atoms with van der Waals surface area (Å²) in [6.07, 6.45) is -0.0350. The number of hydrogen-bond donors (Lipinski definition) is 1. The van der Waals surface area contributed by atoms with E-state index in [9.17, 15) is 20.0 Å². The summed E-state index contributed by atoms with van der Waals surface area (Å²) in [6.45, 7) is 7.32. The molecule has 0 unspecified atom stereocenters. The van der Waals surface area contributed by atoms with Crippen LogP contribution in [0.5, 0.6) is 0 Å². The molecule has 0 aliphatic rings. The van der Waals surface area contributed by atoms with E-state index in [2.05, 4.69) is 0 Å². The van der Waals surface area contributed by atoms with Crippen molar-refractivity contribution in [3.63, 3.8) is 0 Å². The zero-order chi connectivity index (χ0) is 15.6. The number of hydrogen-bond acceptors (Lipinski definition) is 5. The zero-order valence-electron chi connectivity index (χ0n) is 12.0. The number of non-ortho nitro benzene ring substituents is 1. The molecular formula is C14H19NO4S. The molecule has 20 heavy (non-hydrogen) atoms. The standard InChI is InChI=1S/C14H19NO4S/c1-13(2,3)20-12(16)9-14(4,17)10-5-7-11(8-6-10)15(18)19/h5-8,17H,9H2,1-4H3/t14-/m1/s1. The fourth-order valence-electron chi connectivity index (χ4n) is 1.70. The first kappa shape index (κ1) is 16.7. The summed E-state index contributed by atoms with van der Waals surface area (Å²) in [5, 5.41) is 20.9. The van der Waals surface area contributed by atoms with E-state index in [1.165, 1.54) is 43.0 Å². The van der Waals surface area contributed by atoms with Gasteiger partial charge in [0.15, 0.2) is 5.12 Å². The Balaban J connectivity index is 2.82. The van der Waals surface area contributed by atoms with Gasteiger partial charge in [-0.15, -0.1) is 0 Å². The Morgan fingerprint density at radius 3 is 2.15 bits per heavy atom. The van der Waals surface area contributed by atoms with E-state index in [1.54, 1.807) is 0 Å². The van der Waals surface area contributed by atoms with Gasteiger partial charge in [0, 0.05) is 23.3 Å². The molecule has 6 heteroatoms. The summed E-state index contributed by atoms with van der Waals surface area (Å²) in [6, 6.07) is 5.61. The van der Waals surface area contributed by atoms with E-state index in [-0.39, 0.29) is 22.0 Å². The molecule has 1 atom stereocenters. The molecule has 0 amide bonds. The number of nitro benzene ring substituents is 1. The monoisotopic (exact) mass is 297 g/mol. The van der Waals surface area contributed by atoms with E-state index >= 15 is 0 Å². The highest BCUT2D eigenvalue weighted by Gasteiger charge is 2.29. The van der Waals surface area contributed by atoms with Crippen LogP contribution in [0, 0.1) is 10.1 Å². The fraction of sp³-hybridized carbons (Fsp3) is 0.500. The third-order valence-corrected chi connectivity index (χ3v) is 3.59. The van der Waals surface area contributed by atoms with Gasteiger partial charge in [-0.25, -0.2) is 0 Å². The summed E-state index contributed by atoms with van der Waals surface area (Å²) >= 11 is 1.18. The first-order valence-electron chi connectivity index (χ1n) is 6.20. The van der Waals surface area contributed by atoms with E-state index in [1.807, 2.05) is 20.8 Å². The van der Waals surface area contributed by atoms with Crippen molar-refractivity contribution >= 4 is 22.6 Å². The Morgan fingerprint density at radius 2 is 1.75 bits per heavy atom. The smallest absolute Gasteiger partial charge is 0.269 e. The van der Waals surface area contributed by atoms with E-state index in [0.29, 0.717) is 5.56 Å². The molecule has 110 valence electrons. The van der Waals surface area contributed by atoms with Gasteiger partial charge in [0.05, 0.1) is 10.5 Å². The Kier molecular flexibility index (Phi) is 4.94. The van der Waals surface area contributed by atoms with Gasteiger partial charge in [-0.05, 0) is 24.6 Å². The molecular weight excluding hydrogens is 278 g/mol. The molecule has 0 aliphatic carbocycles. The summed E-state index contributed by atoms with van der Waals surface area (Å²) in [5.41, 5.74) is -0.879. The topological polar surface area (TPSA) is 80.4 Å². The number of carbonyl (C=O) groups is 1. The molecule has 0 spiro atoms. The highest BCUT2D eigenvalue weighted by molar-refractivity contribution is 8.14. The predicted octanol–water partition coefficient (Wildman–Crippen LogP) is 3.25. The van der Waals surface area contributed by atoms with E-state index in [4.69, 9.17) is 0 Å². The second-order valence-electron chi connectivity index (χ2n) is 5.84. The highest BCUT2D eigenvalue weighted by Crippen LogP contribution is 2.32. The van der Waals surface area contributed by atoms with Crippen molar-refractivity contribution < 1.29 is 14.8 Å². The summed E-state index contributed by atoms with van der Waals surface area (Å²) in [7, 11) is 0. The van der Waals surface area contributed by atoms with Gasteiger partial charge in [0.1, 0.15) is 0 Å². The van der Waals surface area contributed by atoms with Crippen LogP contribution in [0.15, 0.2) is 24.3 Å². The first-order valence-corrected chi connectivity index (χ1v) is 7.02. The summed E-state index contributed by atoms with van der Waals surface area (Å²) in [4.78, 5) is 22.0. The quantitative estimate of drug-likeness (QED) is 0.681. The molecule has 0 radical (unpaired) electrons. The lowest BCUT2D eigenvalue weighted by atomic mass is 9.93. The maximum Gasteiger partial charge on any atom is 0.269 e. The second-order valence-corrected chi connectivity index (χ2v) is 7.73. The zero-order valence-corrected chi connectivity index (χ0v) is 12.9. The van der Waals surface area contributed by atoms with Crippen LogP contribution < -0.4 is 0 Å². The number of carbonyl (C=O) groups excluding carboxylic acids is 1. The molecule has 0 saturated carbocycles. The molecule has 1 N–H and O–H groups in total. The fourth-order valence-corrected chi connectivity index (χ4v) is 2.74. The lowest BCUT2D eigenvalue weighted by molar-refractivity contribution is -0.384. The van der Waals surface area contributed by atoms with Crippen molar-refractivity contribution in [1.29, 1.82) is 0 Å². The lowest BCUT2D eigenvalue weighted by Gasteiger charge is -2.24. The van der Waals surface area contributed by atoms with Crippen molar-refractivity contribution in [2.45, 2.75) is 44.5 Å². The Labute approximate surface area is 122 Å². The number of nitrogens with zero attached hydrogens (tertiary/aromatic N) is 1. The lowest BCUT2D eigenvalue weighted by Crippen LogP contribution is -2.25. The largest absolute Gasteiger partial charge is 0.385 e. The Hall–Kier alpha value is -1.40. The molecule has 5 nitrogen and oxygen atoms in total. The third kappa shape index (κ3) is 4.94. The number of rotatable bonds is 4. The highest BCUT2D eigenvalue weighted by atomic mass is 32.2. The van der Waals surface area contributed by atoms with Crippen molar-refractivity contribution in [3.8, 4) is 0 Å². The molecule has 0 saturated heterocycles. The van der Waals surface area contributed by atoms with Gasteiger partial charge in [-0.3, -0.25) is 14.9 Å². The van der Waals surface area contributed by atoms with Crippen LogP contribution in [-0.2, 0) is 10.4 Å². The maximum atomic E-state index is 11.9. The molecule has 0 aliphatic heterocycles. The molecule has 1 rings (SSSR count). The van der Waals surface area contributed by atoms with Crippen molar-refractivity contribution in [3.05, 3.63) is 39.9 Å². The number of benzene rings is 1. The van der Waals surface area contributed by atoms with Crippen LogP contribution in [0.2, 0.25) is 0 Å². The molecule has 0 bridgehead atoms. The average molecular weight is 297 g/mol. The normalized spacial score (nSPS) is 14.7. The van der Waals surface area contributed by atoms with Crippen LogP contribution in [0.4, 0.5) is 5.69 Å². The summed E-state index contributed by atoms with van der Waals surface area (Å²) < 4.78 is -0.206. The number of aliphatic hydroxyl groups is 1. The van der Waals surface area contributed by atoms with Crippen molar-refractivity contribution in [2.75, 3.05) is 0 Å². The minimum Gasteiger partial charge on any atom is -0.385 e. The molecule has 1 aromatic rings. The van der Waals surface area contributed by atoms with Gasteiger partial charge in [-0.2, -0.15) is 0 Å². The van der Waals surface area contributed by atoms with Crippen molar-refractivity contribution in [2.24, 2.45) is 0 Å².